The summed E-state index contributed by atoms with van der Waals surface area (Å²) in [7, 11) is 0. The van der Waals surface area contributed by atoms with Gasteiger partial charge in [0, 0.05) is 5.56 Å². The molecule has 2 N–H and O–H groups in total. The van der Waals surface area contributed by atoms with Crippen LogP contribution in [0.4, 0.5) is 8.78 Å². The van der Waals surface area contributed by atoms with Crippen LogP contribution in [0.15, 0.2) is 18.2 Å². The van der Waals surface area contributed by atoms with Crippen molar-refractivity contribution in [2.75, 3.05) is 6.61 Å². The van der Waals surface area contributed by atoms with Gasteiger partial charge in [-0.15, -0.1) is 0 Å². The fourth-order valence-corrected chi connectivity index (χ4v) is 1.48. The maximum absolute atomic E-state index is 13.4. The van der Waals surface area contributed by atoms with Gasteiger partial charge in [0.15, 0.2) is 11.6 Å². The largest absolute Gasteiger partial charge is 0.394 e. The maximum atomic E-state index is 13.4. The minimum Gasteiger partial charge on any atom is -0.394 e. The lowest BCUT2D eigenvalue weighted by Crippen LogP contribution is -2.49. The first-order chi connectivity index (χ1) is 8.41. The molecule has 0 saturated heterocycles. The molecule has 1 rings (SSSR count). The van der Waals surface area contributed by atoms with Crippen LogP contribution in [-0.4, -0.2) is 23.2 Å². The molecule has 1 aromatic carbocycles. The zero-order chi connectivity index (χ0) is 13.8. The Morgan fingerprint density at radius 3 is 2.67 bits per heavy atom. The number of benzene rings is 1. The van der Waals surface area contributed by atoms with E-state index in [1.807, 2.05) is 6.92 Å². The van der Waals surface area contributed by atoms with Crippen molar-refractivity contribution in [2.24, 2.45) is 0 Å². The van der Waals surface area contributed by atoms with Crippen molar-refractivity contribution in [1.82, 2.24) is 5.32 Å². The first kappa shape index (κ1) is 14.6. The smallest absolute Gasteiger partial charge is 0.225 e. The highest BCUT2D eigenvalue weighted by Crippen LogP contribution is 2.13. The fraction of sp³-hybridized carbons (Fsp3) is 0.462. The van der Waals surface area contributed by atoms with Crippen molar-refractivity contribution in [3.8, 4) is 0 Å². The molecule has 1 atom stereocenters. The third kappa shape index (κ3) is 3.50. The molecule has 0 saturated carbocycles. The Morgan fingerprint density at radius 1 is 1.44 bits per heavy atom. The summed E-state index contributed by atoms with van der Waals surface area (Å²) >= 11 is 0. The number of aliphatic hydroxyl groups excluding tert-OH is 1. The van der Waals surface area contributed by atoms with Crippen LogP contribution in [0.25, 0.3) is 0 Å². The number of halogens is 2. The molecule has 5 heteroatoms. The molecule has 0 aromatic heterocycles. The number of aliphatic hydroxyl groups is 1. The summed E-state index contributed by atoms with van der Waals surface area (Å²) in [6.45, 7) is 3.30. The molecule has 0 aliphatic carbocycles. The van der Waals surface area contributed by atoms with Gasteiger partial charge in [-0.3, -0.25) is 4.79 Å². The standard InChI is InChI=1S/C13H17F2NO2/c1-3-13(2,8-17)16-11(18)7-9-5-4-6-10(14)12(9)15/h4-6,17H,3,7-8H2,1-2H3,(H,16,18). The number of rotatable bonds is 5. The summed E-state index contributed by atoms with van der Waals surface area (Å²) in [5.41, 5.74) is -0.732. The number of hydrogen-bond donors (Lipinski definition) is 2. The van der Waals surface area contributed by atoms with Crippen LogP contribution in [0.1, 0.15) is 25.8 Å². The predicted molar refractivity (Wildman–Crippen MR) is 64.0 cm³/mol. The van der Waals surface area contributed by atoms with E-state index < -0.39 is 23.1 Å². The molecule has 3 nitrogen and oxygen atoms in total. The van der Waals surface area contributed by atoms with E-state index >= 15 is 0 Å². The van der Waals surface area contributed by atoms with Gasteiger partial charge >= 0.3 is 0 Å². The van der Waals surface area contributed by atoms with Crippen LogP contribution < -0.4 is 5.32 Å². The van der Waals surface area contributed by atoms with Crippen molar-refractivity contribution in [2.45, 2.75) is 32.2 Å². The first-order valence-corrected chi connectivity index (χ1v) is 5.76. The fourth-order valence-electron chi connectivity index (χ4n) is 1.48. The van der Waals surface area contributed by atoms with Crippen LogP contribution in [0.3, 0.4) is 0 Å². The van der Waals surface area contributed by atoms with Crippen LogP contribution in [-0.2, 0) is 11.2 Å². The molecular formula is C13H17F2NO2. The predicted octanol–water partition coefficient (Wildman–Crippen LogP) is 1.78. The molecule has 18 heavy (non-hydrogen) atoms. The summed E-state index contributed by atoms with van der Waals surface area (Å²) < 4.78 is 26.3. The highest BCUT2D eigenvalue weighted by Gasteiger charge is 2.23. The number of carbonyl (C=O) groups is 1. The Bertz CT molecular complexity index is 431. The van der Waals surface area contributed by atoms with Gasteiger partial charge in [-0.05, 0) is 19.4 Å². The Morgan fingerprint density at radius 2 is 2.11 bits per heavy atom. The molecule has 0 fully saturated rings. The zero-order valence-electron chi connectivity index (χ0n) is 10.5. The van der Waals surface area contributed by atoms with E-state index in [4.69, 9.17) is 5.11 Å². The second kappa shape index (κ2) is 5.91. The highest BCUT2D eigenvalue weighted by atomic mass is 19.2. The Labute approximate surface area is 105 Å². The normalized spacial score (nSPS) is 14.1. The lowest BCUT2D eigenvalue weighted by molar-refractivity contribution is -0.122. The van der Waals surface area contributed by atoms with Gasteiger partial charge in [0.1, 0.15) is 0 Å². The van der Waals surface area contributed by atoms with E-state index in [1.54, 1.807) is 6.92 Å². The lowest BCUT2D eigenvalue weighted by atomic mass is 9.99. The van der Waals surface area contributed by atoms with Crippen LogP contribution in [0.2, 0.25) is 0 Å². The van der Waals surface area contributed by atoms with Crippen molar-refractivity contribution < 1.29 is 18.7 Å². The zero-order valence-corrected chi connectivity index (χ0v) is 10.5. The Balaban J connectivity index is 2.74. The topological polar surface area (TPSA) is 49.3 Å². The van der Waals surface area contributed by atoms with E-state index in [-0.39, 0.29) is 18.6 Å². The average Bonchev–Trinajstić information content (AvgIpc) is 2.34. The molecular weight excluding hydrogens is 240 g/mol. The summed E-state index contributed by atoms with van der Waals surface area (Å²) in [6, 6.07) is 3.72. The summed E-state index contributed by atoms with van der Waals surface area (Å²) in [5, 5.41) is 11.8. The van der Waals surface area contributed by atoms with Gasteiger partial charge in [-0.1, -0.05) is 19.1 Å². The molecule has 0 heterocycles. The SMILES string of the molecule is CCC(C)(CO)NC(=O)Cc1cccc(F)c1F. The second-order valence-electron chi connectivity index (χ2n) is 4.51. The lowest BCUT2D eigenvalue weighted by Gasteiger charge is -2.27. The van der Waals surface area contributed by atoms with E-state index in [9.17, 15) is 13.6 Å². The summed E-state index contributed by atoms with van der Waals surface area (Å²) in [6.07, 6.45) is 0.292. The maximum Gasteiger partial charge on any atom is 0.225 e. The third-order valence-corrected chi connectivity index (χ3v) is 2.95. The number of carbonyl (C=O) groups excluding carboxylic acids is 1. The van der Waals surface area contributed by atoms with Crippen LogP contribution >= 0.6 is 0 Å². The minimum atomic E-state index is -1.00. The molecule has 100 valence electrons. The van der Waals surface area contributed by atoms with E-state index in [1.165, 1.54) is 12.1 Å². The quantitative estimate of drug-likeness (QED) is 0.844. The summed E-state index contributed by atoms with van der Waals surface area (Å²) in [5.74, 6) is -2.42. The van der Waals surface area contributed by atoms with Gasteiger partial charge < -0.3 is 10.4 Å². The van der Waals surface area contributed by atoms with Crippen LogP contribution in [0, 0.1) is 11.6 Å². The highest BCUT2D eigenvalue weighted by molar-refractivity contribution is 5.79. The second-order valence-corrected chi connectivity index (χ2v) is 4.51. The third-order valence-electron chi connectivity index (χ3n) is 2.95. The molecule has 0 aliphatic rings. The Hall–Kier alpha value is -1.49. The monoisotopic (exact) mass is 257 g/mol. The van der Waals surface area contributed by atoms with Crippen molar-refractivity contribution in [1.29, 1.82) is 0 Å². The van der Waals surface area contributed by atoms with Gasteiger partial charge in [-0.2, -0.15) is 0 Å². The number of amides is 1. The molecule has 0 radical (unpaired) electrons. The number of hydrogen-bond acceptors (Lipinski definition) is 2. The molecule has 1 amide bonds. The van der Waals surface area contributed by atoms with Crippen molar-refractivity contribution in [3.05, 3.63) is 35.4 Å². The van der Waals surface area contributed by atoms with Crippen molar-refractivity contribution >= 4 is 5.91 Å². The van der Waals surface area contributed by atoms with Gasteiger partial charge in [0.2, 0.25) is 5.91 Å². The van der Waals surface area contributed by atoms with E-state index in [0.717, 1.165) is 6.07 Å². The van der Waals surface area contributed by atoms with Gasteiger partial charge in [-0.25, -0.2) is 8.78 Å². The van der Waals surface area contributed by atoms with Crippen LogP contribution in [0.5, 0.6) is 0 Å². The Kier molecular flexibility index (Phi) is 4.78. The molecule has 0 spiro atoms. The van der Waals surface area contributed by atoms with Crippen molar-refractivity contribution in [3.63, 3.8) is 0 Å². The summed E-state index contributed by atoms with van der Waals surface area (Å²) in [4.78, 5) is 11.7. The van der Waals surface area contributed by atoms with Gasteiger partial charge in [0.05, 0.1) is 18.6 Å². The van der Waals surface area contributed by atoms with Gasteiger partial charge in [0.25, 0.3) is 0 Å². The molecule has 0 aliphatic heterocycles. The van der Waals surface area contributed by atoms with E-state index in [2.05, 4.69) is 5.32 Å². The average molecular weight is 257 g/mol. The molecule has 1 aromatic rings. The number of nitrogens with one attached hydrogen (secondary N) is 1. The molecule has 1 unspecified atom stereocenters. The molecule has 0 bridgehead atoms. The first-order valence-electron chi connectivity index (χ1n) is 5.76. The van der Waals surface area contributed by atoms with E-state index in [0.29, 0.717) is 6.42 Å². The minimum absolute atomic E-state index is 0.00360.